The third-order valence-corrected chi connectivity index (χ3v) is 6.18. The van der Waals surface area contributed by atoms with Crippen molar-refractivity contribution in [3.05, 3.63) is 23.9 Å². The van der Waals surface area contributed by atoms with E-state index in [9.17, 15) is 8.42 Å². The van der Waals surface area contributed by atoms with E-state index in [-0.39, 0.29) is 0 Å². The van der Waals surface area contributed by atoms with Crippen LogP contribution in [-0.2, 0) is 16.8 Å². The zero-order valence-corrected chi connectivity index (χ0v) is 14.6. The van der Waals surface area contributed by atoms with Gasteiger partial charge < -0.3 is 4.90 Å². The molecule has 0 aromatic carbocycles. The minimum absolute atomic E-state index is 0.292. The Hall–Kier alpha value is -1.18. The Morgan fingerprint density at radius 1 is 1.22 bits per heavy atom. The molecule has 0 saturated carbocycles. The molecule has 7 heteroatoms. The van der Waals surface area contributed by atoms with E-state index in [1.807, 2.05) is 12.1 Å². The molecule has 1 aromatic rings. The lowest BCUT2D eigenvalue weighted by Gasteiger charge is -2.30. The SMILES string of the molecule is C[C@H]1CCCN(S(=O)(=O)NCc2ccc(N3CCCC3)nc2)C1. The molecular formula is C16H26N4O2S. The summed E-state index contributed by atoms with van der Waals surface area (Å²) in [6.45, 7) is 5.74. The van der Waals surface area contributed by atoms with Gasteiger partial charge in [0.05, 0.1) is 0 Å². The van der Waals surface area contributed by atoms with E-state index >= 15 is 0 Å². The second kappa shape index (κ2) is 7.15. The molecule has 6 nitrogen and oxygen atoms in total. The van der Waals surface area contributed by atoms with Crippen molar-refractivity contribution in [2.45, 2.75) is 39.2 Å². The van der Waals surface area contributed by atoms with Gasteiger partial charge in [0.2, 0.25) is 0 Å². The Labute approximate surface area is 139 Å². The first-order valence-corrected chi connectivity index (χ1v) is 9.93. The molecule has 2 aliphatic rings. The fraction of sp³-hybridized carbons (Fsp3) is 0.688. The van der Waals surface area contributed by atoms with E-state index in [1.165, 1.54) is 12.8 Å². The minimum atomic E-state index is -3.40. The van der Waals surface area contributed by atoms with Crippen LogP contribution in [0, 0.1) is 5.92 Å². The van der Waals surface area contributed by atoms with E-state index in [0.717, 1.165) is 37.3 Å². The number of anilines is 1. The number of pyridine rings is 1. The van der Waals surface area contributed by atoms with E-state index in [2.05, 4.69) is 21.5 Å². The van der Waals surface area contributed by atoms with Crippen LogP contribution < -0.4 is 9.62 Å². The van der Waals surface area contributed by atoms with Crippen LogP contribution in [0.15, 0.2) is 18.3 Å². The molecule has 0 unspecified atom stereocenters. The van der Waals surface area contributed by atoms with Crippen molar-refractivity contribution in [2.75, 3.05) is 31.1 Å². The lowest BCUT2D eigenvalue weighted by molar-refractivity contribution is 0.278. The summed E-state index contributed by atoms with van der Waals surface area (Å²) >= 11 is 0. The van der Waals surface area contributed by atoms with Crippen LogP contribution in [0.5, 0.6) is 0 Å². The predicted octanol–water partition coefficient (Wildman–Crippen LogP) is 1.75. The van der Waals surface area contributed by atoms with Gasteiger partial charge in [0, 0.05) is 38.9 Å². The summed E-state index contributed by atoms with van der Waals surface area (Å²) in [5.74, 6) is 1.42. The Balaban J connectivity index is 1.56. The third kappa shape index (κ3) is 4.22. The van der Waals surface area contributed by atoms with Gasteiger partial charge in [-0.3, -0.25) is 0 Å². The molecule has 1 aromatic heterocycles. The smallest absolute Gasteiger partial charge is 0.279 e. The van der Waals surface area contributed by atoms with Gasteiger partial charge in [-0.15, -0.1) is 0 Å². The maximum Gasteiger partial charge on any atom is 0.279 e. The van der Waals surface area contributed by atoms with Crippen LogP contribution in [0.3, 0.4) is 0 Å². The highest BCUT2D eigenvalue weighted by Gasteiger charge is 2.26. The van der Waals surface area contributed by atoms with Crippen LogP contribution in [-0.4, -0.2) is 43.9 Å². The molecule has 1 N–H and O–H groups in total. The lowest BCUT2D eigenvalue weighted by atomic mass is 10.0. The molecule has 0 spiro atoms. The highest BCUT2D eigenvalue weighted by molar-refractivity contribution is 7.87. The first-order valence-electron chi connectivity index (χ1n) is 8.49. The summed E-state index contributed by atoms with van der Waals surface area (Å²) in [6, 6.07) is 3.94. The number of aromatic nitrogens is 1. The van der Waals surface area contributed by atoms with Crippen LogP contribution in [0.1, 0.15) is 38.2 Å². The fourth-order valence-corrected chi connectivity index (χ4v) is 4.64. The first-order chi connectivity index (χ1) is 11.0. The molecule has 2 fully saturated rings. The molecule has 3 heterocycles. The molecule has 2 saturated heterocycles. The van der Waals surface area contributed by atoms with Gasteiger partial charge in [-0.2, -0.15) is 17.4 Å². The minimum Gasteiger partial charge on any atom is -0.357 e. The van der Waals surface area contributed by atoms with E-state index in [1.54, 1.807) is 10.5 Å². The number of rotatable bonds is 5. The van der Waals surface area contributed by atoms with Crippen molar-refractivity contribution >= 4 is 16.0 Å². The highest BCUT2D eigenvalue weighted by atomic mass is 32.2. The van der Waals surface area contributed by atoms with E-state index in [4.69, 9.17) is 0 Å². The number of nitrogens with zero attached hydrogens (tertiary/aromatic N) is 3. The molecule has 0 bridgehead atoms. The number of nitrogens with one attached hydrogen (secondary N) is 1. The summed E-state index contributed by atoms with van der Waals surface area (Å²) < 4.78 is 29.0. The van der Waals surface area contributed by atoms with Crippen LogP contribution in [0.25, 0.3) is 0 Å². The fourth-order valence-electron chi connectivity index (χ4n) is 3.28. The summed E-state index contributed by atoms with van der Waals surface area (Å²) in [5.41, 5.74) is 0.890. The van der Waals surface area contributed by atoms with Crippen LogP contribution in [0.2, 0.25) is 0 Å². The molecule has 2 aliphatic heterocycles. The zero-order chi connectivity index (χ0) is 16.3. The standard InChI is InChI=1S/C16H26N4O2S/c1-14-5-4-10-20(13-14)23(21,22)18-12-15-6-7-16(17-11-15)19-8-2-3-9-19/h6-7,11,14,18H,2-5,8-10,12-13H2,1H3/t14-/m0/s1. The van der Waals surface area contributed by atoms with Crippen molar-refractivity contribution in [1.82, 2.24) is 14.0 Å². The van der Waals surface area contributed by atoms with Gasteiger partial charge in [-0.25, -0.2) is 4.98 Å². The highest BCUT2D eigenvalue weighted by Crippen LogP contribution is 2.19. The Kier molecular flexibility index (Phi) is 5.18. The molecule has 128 valence electrons. The predicted molar refractivity (Wildman–Crippen MR) is 91.4 cm³/mol. The second-order valence-corrected chi connectivity index (χ2v) is 8.41. The maximum atomic E-state index is 12.4. The van der Waals surface area contributed by atoms with Crippen molar-refractivity contribution in [3.8, 4) is 0 Å². The van der Waals surface area contributed by atoms with Gasteiger partial charge >= 0.3 is 0 Å². The number of hydrogen-bond acceptors (Lipinski definition) is 4. The van der Waals surface area contributed by atoms with Gasteiger partial charge in [-0.05, 0) is 43.2 Å². The van der Waals surface area contributed by atoms with E-state index in [0.29, 0.717) is 25.6 Å². The summed E-state index contributed by atoms with van der Waals surface area (Å²) in [6.07, 6.45) is 6.26. The average Bonchev–Trinajstić information content (AvgIpc) is 3.08. The third-order valence-electron chi connectivity index (χ3n) is 4.66. The molecule has 23 heavy (non-hydrogen) atoms. The Morgan fingerprint density at radius 2 is 2.00 bits per heavy atom. The molecular weight excluding hydrogens is 312 g/mol. The molecule has 0 radical (unpaired) electrons. The normalized spacial score (nSPS) is 23.3. The van der Waals surface area contributed by atoms with Crippen molar-refractivity contribution < 1.29 is 8.42 Å². The summed E-state index contributed by atoms with van der Waals surface area (Å²) in [4.78, 5) is 6.73. The summed E-state index contributed by atoms with van der Waals surface area (Å²) in [5, 5.41) is 0. The molecule has 0 amide bonds. The van der Waals surface area contributed by atoms with Crippen molar-refractivity contribution in [3.63, 3.8) is 0 Å². The van der Waals surface area contributed by atoms with Gasteiger partial charge in [-0.1, -0.05) is 13.0 Å². The maximum absolute atomic E-state index is 12.4. The van der Waals surface area contributed by atoms with Crippen LogP contribution in [0.4, 0.5) is 5.82 Å². The van der Waals surface area contributed by atoms with Crippen molar-refractivity contribution in [1.29, 1.82) is 0 Å². The second-order valence-electron chi connectivity index (χ2n) is 6.65. The quantitative estimate of drug-likeness (QED) is 0.888. The van der Waals surface area contributed by atoms with E-state index < -0.39 is 10.2 Å². The zero-order valence-electron chi connectivity index (χ0n) is 13.7. The van der Waals surface area contributed by atoms with Gasteiger partial charge in [0.15, 0.2) is 0 Å². The van der Waals surface area contributed by atoms with Gasteiger partial charge in [0.1, 0.15) is 5.82 Å². The Morgan fingerprint density at radius 3 is 2.65 bits per heavy atom. The largest absolute Gasteiger partial charge is 0.357 e. The summed E-state index contributed by atoms with van der Waals surface area (Å²) in [7, 11) is -3.40. The average molecular weight is 338 g/mol. The molecule has 0 aliphatic carbocycles. The molecule has 3 rings (SSSR count). The lowest BCUT2D eigenvalue weighted by Crippen LogP contribution is -2.45. The van der Waals surface area contributed by atoms with Crippen LogP contribution >= 0.6 is 0 Å². The van der Waals surface area contributed by atoms with Gasteiger partial charge in [0.25, 0.3) is 10.2 Å². The first kappa shape index (κ1) is 16.7. The molecule has 1 atom stereocenters. The number of hydrogen-bond donors (Lipinski definition) is 1. The topological polar surface area (TPSA) is 65.5 Å². The van der Waals surface area contributed by atoms with Crippen molar-refractivity contribution in [2.24, 2.45) is 5.92 Å². The Bertz CT molecular complexity index is 611. The number of piperidine rings is 1. The monoisotopic (exact) mass is 338 g/mol.